The number of carboxylic acid groups (broad SMARTS) is 1. The summed E-state index contributed by atoms with van der Waals surface area (Å²) in [4.78, 5) is 34.4. The molecule has 0 radical (unpaired) electrons. The van der Waals surface area contributed by atoms with Crippen LogP contribution in [0.15, 0.2) is 22.6 Å². The minimum Gasteiger partial charge on any atom is -0.479 e. The van der Waals surface area contributed by atoms with E-state index in [1.165, 1.54) is 11.3 Å². The van der Waals surface area contributed by atoms with Gasteiger partial charge in [-0.2, -0.15) is 5.10 Å². The third kappa shape index (κ3) is 3.16. The van der Waals surface area contributed by atoms with E-state index >= 15 is 0 Å². The van der Waals surface area contributed by atoms with Gasteiger partial charge in [0, 0.05) is 17.7 Å². The van der Waals surface area contributed by atoms with Gasteiger partial charge in [-0.05, 0) is 11.4 Å². The zero-order valence-corrected chi connectivity index (χ0v) is 10.6. The lowest BCUT2D eigenvalue weighted by atomic mass is 10.1. The Labute approximate surface area is 112 Å². The van der Waals surface area contributed by atoms with Crippen molar-refractivity contribution in [2.24, 2.45) is 5.10 Å². The quantitative estimate of drug-likeness (QED) is 0.735. The van der Waals surface area contributed by atoms with Gasteiger partial charge in [0.25, 0.3) is 5.91 Å². The Bertz CT molecular complexity index is 538. The Morgan fingerprint density at radius 3 is 2.79 bits per heavy atom. The zero-order chi connectivity index (χ0) is 13.8. The topological polar surface area (TPSA) is 108 Å². The molecule has 0 fully saturated rings. The first-order valence-electron chi connectivity index (χ1n) is 5.50. The minimum absolute atomic E-state index is 0.127. The molecule has 1 aromatic heterocycles. The van der Waals surface area contributed by atoms with Crippen molar-refractivity contribution >= 4 is 34.8 Å². The molecule has 1 aliphatic heterocycles. The molecule has 8 heteroatoms. The number of aliphatic carboxylic acids is 1. The average Bonchev–Trinajstić information content (AvgIpc) is 2.89. The summed E-state index contributed by atoms with van der Waals surface area (Å²) in [7, 11) is 0. The Morgan fingerprint density at radius 1 is 1.47 bits per heavy atom. The number of carbonyl (C=O) groups excluding carboxylic acids is 2. The maximum absolute atomic E-state index is 11.9. The Morgan fingerprint density at radius 2 is 2.26 bits per heavy atom. The molecule has 0 aliphatic carbocycles. The lowest BCUT2D eigenvalue weighted by molar-refractivity contribution is -0.141. The second-order valence-electron chi connectivity index (χ2n) is 3.85. The van der Waals surface area contributed by atoms with Crippen LogP contribution in [0.25, 0.3) is 0 Å². The summed E-state index contributed by atoms with van der Waals surface area (Å²) in [6.45, 7) is 0. The van der Waals surface area contributed by atoms with Crippen molar-refractivity contribution in [3.8, 4) is 0 Å². The number of thiophene rings is 1. The van der Waals surface area contributed by atoms with Gasteiger partial charge in [-0.3, -0.25) is 9.59 Å². The van der Waals surface area contributed by atoms with Crippen LogP contribution in [0, 0.1) is 0 Å². The predicted octanol–water partition coefficient (Wildman–Crippen LogP) is 0.256. The number of carbonyl (C=O) groups is 3. The maximum Gasteiger partial charge on any atom is 0.331 e. The molecule has 1 atom stereocenters. The van der Waals surface area contributed by atoms with Crippen LogP contribution in [0.4, 0.5) is 0 Å². The van der Waals surface area contributed by atoms with Gasteiger partial charge >= 0.3 is 5.97 Å². The molecule has 2 amide bonds. The lowest BCUT2D eigenvalue weighted by Gasteiger charge is -2.15. The number of nitrogens with zero attached hydrogens (tertiary/aromatic N) is 1. The van der Waals surface area contributed by atoms with Crippen LogP contribution in [0.5, 0.6) is 0 Å². The van der Waals surface area contributed by atoms with E-state index in [1.807, 2.05) is 0 Å². The highest BCUT2D eigenvalue weighted by molar-refractivity contribution is 7.10. The molecule has 0 saturated heterocycles. The van der Waals surface area contributed by atoms with Gasteiger partial charge in [-0.25, -0.2) is 10.2 Å². The van der Waals surface area contributed by atoms with Crippen molar-refractivity contribution in [3.63, 3.8) is 0 Å². The van der Waals surface area contributed by atoms with Gasteiger partial charge in [-0.15, -0.1) is 11.3 Å². The van der Waals surface area contributed by atoms with Crippen LogP contribution >= 0.6 is 11.3 Å². The van der Waals surface area contributed by atoms with Crippen molar-refractivity contribution in [2.45, 2.75) is 18.9 Å². The molecule has 3 N–H and O–H groups in total. The highest BCUT2D eigenvalue weighted by atomic mass is 32.1. The molecule has 2 rings (SSSR count). The molecule has 0 spiro atoms. The molecule has 2 heterocycles. The van der Waals surface area contributed by atoms with E-state index in [-0.39, 0.29) is 24.5 Å². The first-order valence-corrected chi connectivity index (χ1v) is 6.38. The number of carboxylic acids is 1. The van der Waals surface area contributed by atoms with Gasteiger partial charge in [0.15, 0.2) is 6.04 Å². The number of hydrogen-bond acceptors (Lipinski definition) is 5. The van der Waals surface area contributed by atoms with Crippen molar-refractivity contribution in [1.82, 2.24) is 10.7 Å². The molecular weight excluding hydrogens is 270 g/mol. The molecular formula is C11H11N3O4S. The van der Waals surface area contributed by atoms with Crippen LogP contribution in [0.1, 0.15) is 23.8 Å². The highest BCUT2D eigenvalue weighted by Gasteiger charge is 2.26. The Hall–Kier alpha value is -2.22. The summed E-state index contributed by atoms with van der Waals surface area (Å²) in [6.07, 6.45) is 0.372. The van der Waals surface area contributed by atoms with E-state index < -0.39 is 17.9 Å². The first-order chi connectivity index (χ1) is 9.08. The van der Waals surface area contributed by atoms with Crippen LogP contribution in [0.2, 0.25) is 0 Å². The smallest absolute Gasteiger partial charge is 0.331 e. The lowest BCUT2D eigenvalue weighted by Crippen LogP contribution is -2.40. The zero-order valence-electron chi connectivity index (χ0n) is 9.75. The highest BCUT2D eigenvalue weighted by Crippen LogP contribution is 2.19. The molecule has 0 bridgehead atoms. The molecule has 19 heavy (non-hydrogen) atoms. The van der Waals surface area contributed by atoms with E-state index in [9.17, 15) is 14.4 Å². The summed E-state index contributed by atoms with van der Waals surface area (Å²) >= 11 is 1.24. The Balaban J connectivity index is 2.08. The van der Waals surface area contributed by atoms with Gasteiger partial charge in [0.1, 0.15) is 5.71 Å². The van der Waals surface area contributed by atoms with Gasteiger partial charge in [-0.1, -0.05) is 6.07 Å². The van der Waals surface area contributed by atoms with Crippen molar-refractivity contribution < 1.29 is 19.5 Å². The largest absolute Gasteiger partial charge is 0.479 e. The number of hydrazone groups is 1. The van der Waals surface area contributed by atoms with Gasteiger partial charge in [0.05, 0.1) is 0 Å². The van der Waals surface area contributed by atoms with E-state index in [2.05, 4.69) is 15.8 Å². The normalized spacial score (nSPS) is 16.2. The van der Waals surface area contributed by atoms with Crippen LogP contribution in [-0.4, -0.2) is 28.6 Å². The van der Waals surface area contributed by atoms with Gasteiger partial charge in [0.2, 0.25) is 5.91 Å². The van der Waals surface area contributed by atoms with Crippen LogP contribution in [0.3, 0.4) is 0 Å². The fourth-order valence-corrected chi connectivity index (χ4v) is 2.33. The van der Waals surface area contributed by atoms with E-state index in [0.29, 0.717) is 4.88 Å². The Kier molecular flexibility index (Phi) is 3.91. The summed E-state index contributed by atoms with van der Waals surface area (Å²) in [5.41, 5.74) is 2.32. The first kappa shape index (κ1) is 13.2. The number of nitrogens with one attached hydrogen (secondary N) is 2. The molecule has 0 aromatic carbocycles. The van der Waals surface area contributed by atoms with E-state index in [1.54, 1.807) is 17.5 Å². The third-order valence-electron chi connectivity index (χ3n) is 2.52. The predicted molar refractivity (Wildman–Crippen MR) is 67.7 cm³/mol. The van der Waals surface area contributed by atoms with Crippen molar-refractivity contribution in [3.05, 3.63) is 22.4 Å². The fourth-order valence-electron chi connectivity index (χ4n) is 1.56. The van der Waals surface area contributed by atoms with Crippen molar-refractivity contribution in [2.75, 3.05) is 0 Å². The monoisotopic (exact) mass is 281 g/mol. The second-order valence-corrected chi connectivity index (χ2v) is 4.83. The van der Waals surface area contributed by atoms with Crippen LogP contribution < -0.4 is 10.7 Å². The maximum atomic E-state index is 11.9. The molecule has 7 nitrogen and oxygen atoms in total. The molecule has 0 saturated carbocycles. The number of hydrogen-bond donors (Lipinski definition) is 3. The van der Waals surface area contributed by atoms with E-state index in [0.717, 1.165) is 0 Å². The van der Waals surface area contributed by atoms with E-state index in [4.69, 9.17) is 5.11 Å². The van der Waals surface area contributed by atoms with Crippen LogP contribution in [-0.2, 0) is 14.4 Å². The summed E-state index contributed by atoms with van der Waals surface area (Å²) < 4.78 is 0. The number of amides is 2. The molecule has 1 aliphatic rings. The number of rotatable bonds is 4. The molecule has 1 aromatic rings. The third-order valence-corrected chi connectivity index (χ3v) is 3.45. The summed E-state index contributed by atoms with van der Waals surface area (Å²) in [5, 5.41) is 16.9. The second kappa shape index (κ2) is 5.61. The minimum atomic E-state index is -1.14. The summed E-state index contributed by atoms with van der Waals surface area (Å²) in [5.74, 6) is -1.98. The SMILES string of the molecule is O=C1CCC(C(=O)NC(C(=O)O)c2cccs2)=NN1. The average molecular weight is 281 g/mol. The van der Waals surface area contributed by atoms with Crippen molar-refractivity contribution in [1.29, 1.82) is 0 Å². The standard InChI is InChI=1S/C11H11N3O4S/c15-8-4-3-6(13-14-8)10(16)12-9(11(17)18)7-2-1-5-19-7/h1-2,5,9H,3-4H2,(H,12,16)(H,14,15)(H,17,18). The molecule has 1 unspecified atom stereocenters. The fraction of sp³-hybridized carbons (Fsp3) is 0.273. The summed E-state index contributed by atoms with van der Waals surface area (Å²) in [6, 6.07) is 2.24. The van der Waals surface area contributed by atoms with Gasteiger partial charge < -0.3 is 10.4 Å². The molecule has 100 valence electrons.